The van der Waals surface area contributed by atoms with E-state index in [-0.39, 0.29) is 5.91 Å². The number of carbonyl (C=O) groups is 1. The minimum atomic E-state index is 0.0674. The van der Waals surface area contributed by atoms with Crippen LogP contribution in [0.15, 0.2) is 24.3 Å². The maximum Gasteiger partial charge on any atom is 0.253 e. The summed E-state index contributed by atoms with van der Waals surface area (Å²) in [5.74, 6) is 1.14. The molecule has 16 heavy (non-hydrogen) atoms. The third-order valence-electron chi connectivity index (χ3n) is 3.07. The number of hydrogen-bond acceptors (Lipinski definition) is 1. The Morgan fingerprint density at radius 3 is 2.31 bits per heavy atom. The molecule has 1 aromatic rings. The molecule has 1 amide bonds. The minimum absolute atomic E-state index is 0.0674. The molecule has 0 radical (unpaired) electrons. The Labute approximate surface area is 98.3 Å². The van der Waals surface area contributed by atoms with Crippen molar-refractivity contribution in [3.63, 3.8) is 0 Å². The molecule has 0 bridgehead atoms. The summed E-state index contributed by atoms with van der Waals surface area (Å²) in [6.45, 7) is 6.60. The standard InChI is InChI=1S/C14H21NO/c1-10(2)11(3)12-7-6-8-13(9-12)14(16)15(4)5/h6-11H,1-5H3. The number of benzene rings is 1. The number of carbonyl (C=O) groups excluding carboxylic acids is 1. The van der Waals surface area contributed by atoms with E-state index >= 15 is 0 Å². The smallest absolute Gasteiger partial charge is 0.253 e. The van der Waals surface area contributed by atoms with Gasteiger partial charge in [-0.1, -0.05) is 32.9 Å². The summed E-state index contributed by atoms with van der Waals surface area (Å²) in [4.78, 5) is 13.4. The van der Waals surface area contributed by atoms with Crippen LogP contribution in [0.25, 0.3) is 0 Å². The molecule has 88 valence electrons. The number of amides is 1. The van der Waals surface area contributed by atoms with Crippen molar-refractivity contribution < 1.29 is 4.79 Å². The molecule has 1 atom stereocenters. The molecule has 0 aliphatic rings. The molecule has 0 aliphatic carbocycles. The molecular weight excluding hydrogens is 198 g/mol. The van der Waals surface area contributed by atoms with E-state index in [4.69, 9.17) is 0 Å². The van der Waals surface area contributed by atoms with Gasteiger partial charge in [-0.05, 0) is 29.5 Å². The summed E-state index contributed by atoms with van der Waals surface area (Å²) < 4.78 is 0. The largest absolute Gasteiger partial charge is 0.345 e. The molecule has 1 rings (SSSR count). The summed E-state index contributed by atoms with van der Waals surface area (Å²) in [5, 5.41) is 0. The SMILES string of the molecule is CC(C)C(C)c1cccc(C(=O)N(C)C)c1. The van der Waals surface area contributed by atoms with Crippen LogP contribution in [0.2, 0.25) is 0 Å². The molecule has 0 aromatic heterocycles. The Morgan fingerprint density at radius 2 is 1.81 bits per heavy atom. The highest BCUT2D eigenvalue weighted by Crippen LogP contribution is 2.24. The van der Waals surface area contributed by atoms with Crippen LogP contribution < -0.4 is 0 Å². The van der Waals surface area contributed by atoms with Crippen molar-refractivity contribution in [1.29, 1.82) is 0 Å². The number of hydrogen-bond donors (Lipinski definition) is 0. The highest BCUT2D eigenvalue weighted by molar-refractivity contribution is 5.94. The second kappa shape index (κ2) is 5.15. The van der Waals surface area contributed by atoms with E-state index in [1.54, 1.807) is 19.0 Å². The highest BCUT2D eigenvalue weighted by Gasteiger charge is 2.13. The summed E-state index contributed by atoms with van der Waals surface area (Å²) in [7, 11) is 3.56. The first-order valence-corrected chi connectivity index (χ1v) is 5.75. The van der Waals surface area contributed by atoms with Gasteiger partial charge >= 0.3 is 0 Å². The molecule has 0 saturated heterocycles. The molecule has 0 fully saturated rings. The van der Waals surface area contributed by atoms with Crippen LogP contribution in [0.5, 0.6) is 0 Å². The zero-order valence-corrected chi connectivity index (χ0v) is 10.8. The van der Waals surface area contributed by atoms with Crippen molar-refractivity contribution in [3.05, 3.63) is 35.4 Å². The Kier molecular flexibility index (Phi) is 4.11. The van der Waals surface area contributed by atoms with Crippen LogP contribution in [0.4, 0.5) is 0 Å². The Balaban J connectivity index is 3.00. The molecule has 0 N–H and O–H groups in total. The normalized spacial score (nSPS) is 12.6. The van der Waals surface area contributed by atoms with Crippen molar-refractivity contribution in [1.82, 2.24) is 4.90 Å². The molecule has 0 aliphatic heterocycles. The number of rotatable bonds is 3. The fraction of sp³-hybridized carbons (Fsp3) is 0.500. The van der Waals surface area contributed by atoms with Crippen molar-refractivity contribution in [2.75, 3.05) is 14.1 Å². The van der Waals surface area contributed by atoms with Gasteiger partial charge in [-0.15, -0.1) is 0 Å². The van der Waals surface area contributed by atoms with Crippen LogP contribution in [0.3, 0.4) is 0 Å². The first-order chi connectivity index (χ1) is 7.43. The molecule has 1 aromatic carbocycles. The van der Waals surface area contributed by atoms with E-state index in [0.29, 0.717) is 11.8 Å². The van der Waals surface area contributed by atoms with Crippen molar-refractivity contribution in [2.45, 2.75) is 26.7 Å². The van der Waals surface area contributed by atoms with Crippen LogP contribution >= 0.6 is 0 Å². The monoisotopic (exact) mass is 219 g/mol. The highest BCUT2D eigenvalue weighted by atomic mass is 16.2. The van der Waals surface area contributed by atoms with E-state index in [1.165, 1.54) is 5.56 Å². The summed E-state index contributed by atoms with van der Waals surface area (Å²) in [6.07, 6.45) is 0. The van der Waals surface area contributed by atoms with Gasteiger partial charge in [0.05, 0.1) is 0 Å². The van der Waals surface area contributed by atoms with Gasteiger partial charge in [0, 0.05) is 19.7 Å². The second-order valence-corrected chi connectivity index (χ2v) is 4.86. The fourth-order valence-corrected chi connectivity index (χ4v) is 1.60. The van der Waals surface area contributed by atoms with Crippen LogP contribution in [0, 0.1) is 5.92 Å². The maximum absolute atomic E-state index is 11.8. The molecule has 2 nitrogen and oxygen atoms in total. The molecule has 0 saturated carbocycles. The van der Waals surface area contributed by atoms with Crippen LogP contribution in [0.1, 0.15) is 42.6 Å². The van der Waals surface area contributed by atoms with Gasteiger partial charge < -0.3 is 4.90 Å². The first-order valence-electron chi connectivity index (χ1n) is 5.75. The zero-order valence-electron chi connectivity index (χ0n) is 10.8. The molecule has 0 spiro atoms. The topological polar surface area (TPSA) is 20.3 Å². The van der Waals surface area contributed by atoms with Gasteiger partial charge in [0.2, 0.25) is 0 Å². The molecule has 1 unspecified atom stereocenters. The lowest BCUT2D eigenvalue weighted by atomic mass is 9.89. The molecule has 2 heteroatoms. The second-order valence-electron chi connectivity index (χ2n) is 4.86. The number of nitrogens with zero attached hydrogens (tertiary/aromatic N) is 1. The van der Waals surface area contributed by atoms with Gasteiger partial charge in [0.25, 0.3) is 5.91 Å². The maximum atomic E-state index is 11.8. The van der Waals surface area contributed by atoms with Crippen LogP contribution in [-0.4, -0.2) is 24.9 Å². The van der Waals surface area contributed by atoms with Gasteiger partial charge in [0.15, 0.2) is 0 Å². The zero-order chi connectivity index (χ0) is 12.3. The Bertz CT molecular complexity index is 369. The first kappa shape index (κ1) is 12.8. The van der Waals surface area contributed by atoms with Crippen molar-refractivity contribution in [2.24, 2.45) is 5.92 Å². The predicted molar refractivity (Wildman–Crippen MR) is 67.7 cm³/mol. The average Bonchev–Trinajstić information content (AvgIpc) is 2.26. The summed E-state index contributed by atoms with van der Waals surface area (Å²) >= 11 is 0. The van der Waals surface area contributed by atoms with Gasteiger partial charge in [-0.2, -0.15) is 0 Å². The lowest BCUT2D eigenvalue weighted by Gasteiger charge is -2.17. The molecule has 0 heterocycles. The fourth-order valence-electron chi connectivity index (χ4n) is 1.60. The average molecular weight is 219 g/mol. The van der Waals surface area contributed by atoms with Gasteiger partial charge in [0.1, 0.15) is 0 Å². The van der Waals surface area contributed by atoms with E-state index in [2.05, 4.69) is 26.8 Å². The van der Waals surface area contributed by atoms with Crippen molar-refractivity contribution >= 4 is 5.91 Å². The quantitative estimate of drug-likeness (QED) is 0.764. The van der Waals surface area contributed by atoms with Gasteiger partial charge in [-0.3, -0.25) is 4.79 Å². The van der Waals surface area contributed by atoms with E-state index in [9.17, 15) is 4.79 Å². The Hall–Kier alpha value is -1.31. The summed E-state index contributed by atoms with van der Waals surface area (Å²) in [5.41, 5.74) is 2.01. The third kappa shape index (κ3) is 2.84. The van der Waals surface area contributed by atoms with E-state index in [0.717, 1.165) is 5.56 Å². The summed E-state index contributed by atoms with van der Waals surface area (Å²) in [6, 6.07) is 7.94. The minimum Gasteiger partial charge on any atom is -0.345 e. The van der Waals surface area contributed by atoms with Crippen LogP contribution in [-0.2, 0) is 0 Å². The Morgan fingerprint density at radius 1 is 1.19 bits per heavy atom. The van der Waals surface area contributed by atoms with Crippen molar-refractivity contribution in [3.8, 4) is 0 Å². The lowest BCUT2D eigenvalue weighted by Crippen LogP contribution is -2.21. The lowest BCUT2D eigenvalue weighted by molar-refractivity contribution is 0.0827. The molecular formula is C14H21NO. The van der Waals surface area contributed by atoms with Gasteiger partial charge in [-0.25, -0.2) is 0 Å². The van der Waals surface area contributed by atoms with E-state index < -0.39 is 0 Å². The predicted octanol–water partition coefficient (Wildman–Crippen LogP) is 3.15. The third-order valence-corrected chi connectivity index (χ3v) is 3.07. The van der Waals surface area contributed by atoms with E-state index in [1.807, 2.05) is 18.2 Å².